The molecule has 1 aromatic rings. The number of benzene rings is 1. The second kappa shape index (κ2) is 5.55. The van der Waals surface area contributed by atoms with Gasteiger partial charge in [0.1, 0.15) is 11.6 Å². The number of halogens is 2. The van der Waals surface area contributed by atoms with Crippen LogP contribution in [-0.4, -0.2) is 12.6 Å². The smallest absolute Gasteiger partial charge is 0.307 e. The Bertz CT molecular complexity index is 362. The first-order valence-electron chi connectivity index (χ1n) is 4.91. The highest BCUT2D eigenvalue weighted by atomic mass is 19.1. The van der Waals surface area contributed by atoms with E-state index in [0.717, 1.165) is 12.1 Å². The average Bonchev–Trinajstić information content (AvgIpc) is 2.17. The molecule has 0 amide bonds. The molecule has 1 atom stereocenters. The van der Waals surface area contributed by atoms with Gasteiger partial charge in [0.2, 0.25) is 0 Å². The van der Waals surface area contributed by atoms with Crippen molar-refractivity contribution in [1.29, 1.82) is 0 Å². The Labute approximate surface area is 92.2 Å². The molecular weight excluding hydrogens is 216 g/mol. The molecule has 0 aliphatic heterocycles. The molecule has 0 saturated heterocycles. The summed E-state index contributed by atoms with van der Waals surface area (Å²) in [5, 5.41) is 0. The number of carbonyl (C=O) groups excluding carboxylic acids is 1. The number of nitrogens with two attached hydrogens (primary N) is 1. The summed E-state index contributed by atoms with van der Waals surface area (Å²) in [7, 11) is 0. The quantitative estimate of drug-likeness (QED) is 0.802. The Balaban J connectivity index is 2.80. The zero-order valence-electron chi connectivity index (χ0n) is 8.87. The molecule has 1 rings (SSSR count). The molecule has 0 aliphatic carbocycles. The number of esters is 1. The molecule has 1 aromatic carbocycles. The van der Waals surface area contributed by atoms with Gasteiger partial charge >= 0.3 is 5.97 Å². The first kappa shape index (κ1) is 12.6. The summed E-state index contributed by atoms with van der Waals surface area (Å²) in [6.07, 6.45) is -0.244. The third-order valence-corrected chi connectivity index (χ3v) is 2.06. The van der Waals surface area contributed by atoms with Crippen LogP contribution in [0.5, 0.6) is 0 Å². The minimum atomic E-state index is -1.03. The summed E-state index contributed by atoms with van der Waals surface area (Å²) < 4.78 is 31.2. The van der Waals surface area contributed by atoms with Crippen LogP contribution in [0.2, 0.25) is 0 Å². The molecule has 0 fully saturated rings. The molecule has 0 radical (unpaired) electrons. The standard InChI is InChI=1S/C11H13F2NO2/c1-2-16-10(15)6-9(14)11-7(12)4-3-5-8(11)13/h3-5,9H,2,6,14H2,1H3/t9-/m1/s1. The highest BCUT2D eigenvalue weighted by Crippen LogP contribution is 2.21. The highest BCUT2D eigenvalue weighted by molar-refractivity contribution is 5.70. The van der Waals surface area contributed by atoms with Gasteiger partial charge in [0.25, 0.3) is 0 Å². The van der Waals surface area contributed by atoms with Gasteiger partial charge in [-0.3, -0.25) is 4.79 Å². The van der Waals surface area contributed by atoms with E-state index in [1.54, 1.807) is 6.92 Å². The maximum atomic E-state index is 13.3. The molecule has 16 heavy (non-hydrogen) atoms. The first-order chi connectivity index (χ1) is 7.56. The predicted octanol–water partition coefficient (Wildman–Crippen LogP) is 1.92. The van der Waals surface area contributed by atoms with Crippen LogP contribution in [0, 0.1) is 11.6 Å². The second-order valence-electron chi connectivity index (χ2n) is 3.25. The van der Waals surface area contributed by atoms with Crippen molar-refractivity contribution in [3.8, 4) is 0 Å². The lowest BCUT2D eigenvalue weighted by atomic mass is 10.0. The Morgan fingerprint density at radius 1 is 1.44 bits per heavy atom. The maximum absolute atomic E-state index is 13.3. The molecule has 5 heteroatoms. The molecule has 0 saturated carbocycles. The minimum absolute atomic E-state index is 0.214. The fraction of sp³-hybridized carbons (Fsp3) is 0.364. The molecule has 0 aromatic heterocycles. The van der Waals surface area contributed by atoms with Crippen molar-refractivity contribution in [1.82, 2.24) is 0 Å². The van der Waals surface area contributed by atoms with Crippen LogP contribution in [0.4, 0.5) is 8.78 Å². The van der Waals surface area contributed by atoms with Gasteiger partial charge in [0.05, 0.1) is 13.0 Å². The van der Waals surface area contributed by atoms with E-state index < -0.39 is 23.6 Å². The Kier molecular flexibility index (Phi) is 4.37. The van der Waals surface area contributed by atoms with Crippen LogP contribution >= 0.6 is 0 Å². The molecule has 0 spiro atoms. The predicted molar refractivity (Wildman–Crippen MR) is 54.5 cm³/mol. The van der Waals surface area contributed by atoms with E-state index in [4.69, 9.17) is 5.73 Å². The number of hydrogen-bond donors (Lipinski definition) is 1. The van der Waals surface area contributed by atoms with Gasteiger partial charge < -0.3 is 10.5 Å². The fourth-order valence-corrected chi connectivity index (χ4v) is 1.37. The Morgan fingerprint density at radius 3 is 2.50 bits per heavy atom. The lowest BCUT2D eigenvalue weighted by Crippen LogP contribution is -2.19. The van der Waals surface area contributed by atoms with Gasteiger partial charge in [-0.05, 0) is 19.1 Å². The second-order valence-corrected chi connectivity index (χ2v) is 3.25. The molecule has 0 heterocycles. The fourth-order valence-electron chi connectivity index (χ4n) is 1.37. The van der Waals surface area contributed by atoms with E-state index in [1.165, 1.54) is 6.07 Å². The molecule has 88 valence electrons. The molecule has 0 bridgehead atoms. The summed E-state index contributed by atoms with van der Waals surface area (Å²) in [5.74, 6) is -2.08. The zero-order valence-corrected chi connectivity index (χ0v) is 8.87. The van der Waals surface area contributed by atoms with E-state index in [1.807, 2.05) is 0 Å². The third-order valence-electron chi connectivity index (χ3n) is 2.06. The van der Waals surface area contributed by atoms with Gasteiger partial charge in [-0.1, -0.05) is 6.07 Å². The van der Waals surface area contributed by atoms with Gasteiger partial charge in [-0.2, -0.15) is 0 Å². The van der Waals surface area contributed by atoms with Crippen LogP contribution in [-0.2, 0) is 9.53 Å². The first-order valence-corrected chi connectivity index (χ1v) is 4.91. The lowest BCUT2D eigenvalue weighted by molar-refractivity contribution is -0.143. The van der Waals surface area contributed by atoms with Crippen molar-refractivity contribution < 1.29 is 18.3 Å². The Morgan fingerprint density at radius 2 is 2.00 bits per heavy atom. The molecule has 0 aliphatic rings. The van der Waals surface area contributed by atoms with E-state index >= 15 is 0 Å². The van der Waals surface area contributed by atoms with Gasteiger partial charge in [0, 0.05) is 11.6 Å². The van der Waals surface area contributed by atoms with Crippen LogP contribution < -0.4 is 5.73 Å². The van der Waals surface area contributed by atoms with Crippen molar-refractivity contribution >= 4 is 5.97 Å². The number of carbonyl (C=O) groups is 1. The van der Waals surface area contributed by atoms with E-state index in [-0.39, 0.29) is 18.6 Å². The lowest BCUT2D eigenvalue weighted by Gasteiger charge is -2.12. The average molecular weight is 229 g/mol. The molecule has 3 nitrogen and oxygen atoms in total. The normalized spacial score (nSPS) is 12.2. The van der Waals surface area contributed by atoms with E-state index in [2.05, 4.69) is 4.74 Å². The molecule has 2 N–H and O–H groups in total. The third kappa shape index (κ3) is 3.00. The Hall–Kier alpha value is -1.49. The van der Waals surface area contributed by atoms with Crippen molar-refractivity contribution in [2.75, 3.05) is 6.61 Å². The van der Waals surface area contributed by atoms with E-state index in [9.17, 15) is 13.6 Å². The van der Waals surface area contributed by atoms with Gasteiger partial charge in [0.15, 0.2) is 0 Å². The SMILES string of the molecule is CCOC(=O)C[C@@H](N)c1c(F)cccc1F. The van der Waals surface area contributed by atoms with Crippen LogP contribution in [0.25, 0.3) is 0 Å². The monoisotopic (exact) mass is 229 g/mol. The summed E-state index contributed by atoms with van der Waals surface area (Å²) in [5.41, 5.74) is 5.27. The highest BCUT2D eigenvalue weighted by Gasteiger charge is 2.19. The largest absolute Gasteiger partial charge is 0.466 e. The van der Waals surface area contributed by atoms with Crippen molar-refractivity contribution in [3.05, 3.63) is 35.4 Å². The number of ether oxygens (including phenoxy) is 1. The van der Waals surface area contributed by atoms with E-state index in [0.29, 0.717) is 0 Å². The van der Waals surface area contributed by atoms with Crippen LogP contribution in [0.15, 0.2) is 18.2 Å². The summed E-state index contributed by atoms with van der Waals surface area (Å²) >= 11 is 0. The maximum Gasteiger partial charge on any atom is 0.307 e. The van der Waals surface area contributed by atoms with Crippen molar-refractivity contribution in [2.24, 2.45) is 5.73 Å². The topological polar surface area (TPSA) is 52.3 Å². The minimum Gasteiger partial charge on any atom is -0.466 e. The summed E-state index contributed by atoms with van der Waals surface area (Å²) in [4.78, 5) is 11.1. The van der Waals surface area contributed by atoms with Crippen LogP contribution in [0.1, 0.15) is 24.9 Å². The zero-order chi connectivity index (χ0) is 12.1. The molecular formula is C11H13F2NO2. The van der Waals surface area contributed by atoms with Crippen molar-refractivity contribution in [3.63, 3.8) is 0 Å². The van der Waals surface area contributed by atoms with Gasteiger partial charge in [-0.15, -0.1) is 0 Å². The van der Waals surface area contributed by atoms with Crippen LogP contribution in [0.3, 0.4) is 0 Å². The number of rotatable bonds is 4. The van der Waals surface area contributed by atoms with Gasteiger partial charge in [-0.25, -0.2) is 8.78 Å². The molecule has 0 unspecified atom stereocenters. The van der Waals surface area contributed by atoms with Crippen molar-refractivity contribution in [2.45, 2.75) is 19.4 Å². The summed E-state index contributed by atoms with van der Waals surface area (Å²) in [6, 6.07) is 2.42. The summed E-state index contributed by atoms with van der Waals surface area (Å²) in [6.45, 7) is 1.86. The number of hydrogen-bond acceptors (Lipinski definition) is 3.